The van der Waals surface area contributed by atoms with E-state index in [0.29, 0.717) is 29.4 Å². The van der Waals surface area contributed by atoms with Crippen LogP contribution in [0.2, 0.25) is 5.02 Å². The van der Waals surface area contributed by atoms with E-state index < -0.39 is 11.7 Å². The topological polar surface area (TPSA) is 58.6 Å². The van der Waals surface area contributed by atoms with E-state index in [0.717, 1.165) is 5.56 Å². The molecule has 2 aromatic rings. The van der Waals surface area contributed by atoms with Crippen molar-refractivity contribution in [2.45, 2.75) is 18.9 Å². The number of ether oxygens (including phenoxy) is 1. The number of hydrogen-bond donors (Lipinski definition) is 1. The number of fused-ring (bicyclic) bond motifs is 1. The third kappa shape index (κ3) is 4.46. The molecule has 1 aliphatic heterocycles. The molecule has 0 bridgehead atoms. The van der Waals surface area contributed by atoms with Gasteiger partial charge in [0.15, 0.2) is 0 Å². The van der Waals surface area contributed by atoms with Crippen LogP contribution in [0.1, 0.15) is 23.5 Å². The van der Waals surface area contributed by atoms with E-state index in [2.05, 4.69) is 5.32 Å². The minimum absolute atomic E-state index is 0.0265. The Morgan fingerprint density at radius 3 is 2.85 bits per heavy atom. The summed E-state index contributed by atoms with van der Waals surface area (Å²) < 4.78 is 18.9. The Bertz CT molecular complexity index is 859. The molecule has 0 saturated heterocycles. The van der Waals surface area contributed by atoms with Gasteiger partial charge in [0, 0.05) is 37.3 Å². The lowest BCUT2D eigenvalue weighted by molar-refractivity contribution is -0.136. The Labute approximate surface area is 162 Å². The summed E-state index contributed by atoms with van der Waals surface area (Å²) in [4.78, 5) is 26.9. The summed E-state index contributed by atoms with van der Waals surface area (Å²) >= 11 is 6.23. The van der Waals surface area contributed by atoms with Gasteiger partial charge < -0.3 is 15.0 Å². The number of amides is 2. The predicted molar refractivity (Wildman–Crippen MR) is 101 cm³/mol. The van der Waals surface area contributed by atoms with Crippen LogP contribution in [0.5, 0.6) is 0 Å². The van der Waals surface area contributed by atoms with Gasteiger partial charge >= 0.3 is 0 Å². The average Bonchev–Trinajstić information content (AvgIpc) is 2.65. The molecular formula is C20H20ClFN2O3. The molecule has 27 heavy (non-hydrogen) atoms. The first-order chi connectivity index (χ1) is 13.0. The molecule has 0 aliphatic carbocycles. The number of halogens is 2. The van der Waals surface area contributed by atoms with Crippen molar-refractivity contribution in [2.24, 2.45) is 0 Å². The molecule has 0 fully saturated rings. The number of carbonyl (C=O) groups is 2. The van der Waals surface area contributed by atoms with Crippen LogP contribution >= 0.6 is 11.6 Å². The second-order valence-corrected chi connectivity index (χ2v) is 6.79. The Kier molecular flexibility index (Phi) is 6.08. The van der Waals surface area contributed by atoms with Crippen molar-refractivity contribution in [3.05, 3.63) is 64.4 Å². The van der Waals surface area contributed by atoms with Crippen LogP contribution in [0.4, 0.5) is 10.1 Å². The lowest BCUT2D eigenvalue weighted by atomic mass is 9.89. The summed E-state index contributed by atoms with van der Waals surface area (Å²) in [6.07, 6.45) is -0.0265. The Morgan fingerprint density at radius 1 is 1.33 bits per heavy atom. The van der Waals surface area contributed by atoms with Crippen molar-refractivity contribution in [3.63, 3.8) is 0 Å². The van der Waals surface area contributed by atoms with Crippen molar-refractivity contribution in [3.8, 4) is 0 Å². The first-order valence-electron chi connectivity index (χ1n) is 8.60. The van der Waals surface area contributed by atoms with E-state index >= 15 is 0 Å². The van der Waals surface area contributed by atoms with E-state index in [1.54, 1.807) is 18.1 Å². The molecule has 3 rings (SSSR count). The number of anilines is 1. The zero-order valence-electron chi connectivity index (χ0n) is 14.9. The van der Waals surface area contributed by atoms with Gasteiger partial charge in [0.1, 0.15) is 5.82 Å². The fraction of sp³-hybridized carbons (Fsp3) is 0.300. The maximum atomic E-state index is 13.8. The normalized spacial score (nSPS) is 15.8. The molecule has 0 aromatic heterocycles. The van der Waals surface area contributed by atoms with Crippen LogP contribution in [0, 0.1) is 5.82 Å². The largest absolute Gasteiger partial charge is 0.383 e. The summed E-state index contributed by atoms with van der Waals surface area (Å²) in [6, 6.07) is 11.3. The van der Waals surface area contributed by atoms with Crippen LogP contribution in [0.3, 0.4) is 0 Å². The van der Waals surface area contributed by atoms with Crippen molar-refractivity contribution in [1.82, 2.24) is 4.90 Å². The van der Waals surface area contributed by atoms with Crippen LogP contribution in [0.15, 0.2) is 42.5 Å². The summed E-state index contributed by atoms with van der Waals surface area (Å²) in [7, 11) is 1.55. The fourth-order valence-corrected chi connectivity index (χ4v) is 3.37. The highest BCUT2D eigenvalue weighted by Gasteiger charge is 2.34. The van der Waals surface area contributed by atoms with E-state index in [1.165, 1.54) is 18.2 Å². The fourth-order valence-electron chi connectivity index (χ4n) is 3.17. The second-order valence-electron chi connectivity index (χ2n) is 6.38. The molecule has 1 aliphatic rings. The van der Waals surface area contributed by atoms with Crippen molar-refractivity contribution < 1.29 is 18.7 Å². The summed E-state index contributed by atoms with van der Waals surface area (Å²) in [5, 5.41) is 3.25. The van der Waals surface area contributed by atoms with Crippen molar-refractivity contribution in [1.29, 1.82) is 0 Å². The van der Waals surface area contributed by atoms with Crippen molar-refractivity contribution >= 4 is 29.1 Å². The average molecular weight is 391 g/mol. The van der Waals surface area contributed by atoms with Gasteiger partial charge in [-0.05, 0) is 35.4 Å². The molecule has 2 amide bonds. The van der Waals surface area contributed by atoms with Crippen molar-refractivity contribution in [2.75, 3.05) is 25.6 Å². The smallest absolute Gasteiger partial charge is 0.231 e. The zero-order chi connectivity index (χ0) is 19.4. The Hall–Kier alpha value is -2.44. The molecule has 0 spiro atoms. The molecule has 1 heterocycles. The second kappa shape index (κ2) is 8.50. The van der Waals surface area contributed by atoms with Gasteiger partial charge in [0.05, 0.1) is 12.5 Å². The molecule has 7 heteroatoms. The molecule has 1 atom stereocenters. The third-order valence-electron chi connectivity index (χ3n) is 4.55. The zero-order valence-corrected chi connectivity index (χ0v) is 15.6. The van der Waals surface area contributed by atoms with E-state index in [9.17, 15) is 14.0 Å². The molecular weight excluding hydrogens is 371 g/mol. The molecule has 5 nitrogen and oxygen atoms in total. The molecule has 1 N–H and O–H groups in total. The molecule has 0 radical (unpaired) electrons. The maximum absolute atomic E-state index is 13.8. The minimum Gasteiger partial charge on any atom is -0.383 e. The van der Waals surface area contributed by atoms with Gasteiger partial charge in [0.25, 0.3) is 0 Å². The van der Waals surface area contributed by atoms with Crippen LogP contribution in [-0.4, -0.2) is 37.0 Å². The minimum atomic E-state index is -0.746. The van der Waals surface area contributed by atoms with Crippen LogP contribution < -0.4 is 5.32 Å². The highest BCUT2D eigenvalue weighted by atomic mass is 35.5. The Morgan fingerprint density at radius 2 is 2.11 bits per heavy atom. The first-order valence-corrected chi connectivity index (χ1v) is 8.98. The predicted octanol–water partition coefficient (Wildman–Crippen LogP) is 3.58. The number of benzene rings is 2. The van der Waals surface area contributed by atoms with Gasteiger partial charge in [-0.1, -0.05) is 29.8 Å². The monoisotopic (exact) mass is 390 g/mol. The number of nitrogens with one attached hydrogen (secondary N) is 1. The number of rotatable bonds is 6. The highest BCUT2D eigenvalue weighted by Crippen LogP contribution is 2.34. The van der Waals surface area contributed by atoms with Crippen LogP contribution in [0.25, 0.3) is 0 Å². The summed E-state index contributed by atoms with van der Waals surface area (Å²) in [5.41, 5.74) is 1.75. The lowest BCUT2D eigenvalue weighted by Gasteiger charge is -2.31. The number of carbonyl (C=O) groups excluding carboxylic acids is 2. The third-order valence-corrected chi connectivity index (χ3v) is 4.92. The van der Waals surface area contributed by atoms with Gasteiger partial charge in [-0.15, -0.1) is 0 Å². The first kappa shape index (κ1) is 19.3. The van der Waals surface area contributed by atoms with E-state index in [-0.39, 0.29) is 24.8 Å². The standard InChI is InChI=1S/C20H20ClFN2O3/c1-27-9-8-24(12-13-4-2-3-5-17(13)21)20(26)16-11-19(25)23-18-7-6-14(22)10-15(16)18/h2-7,10,16H,8-9,11-12H2,1H3,(H,23,25)/t16-/m1/s1. The van der Waals surface area contributed by atoms with E-state index in [4.69, 9.17) is 16.3 Å². The Balaban J connectivity index is 1.91. The summed E-state index contributed by atoms with van der Waals surface area (Å²) in [5.74, 6) is -1.72. The quantitative estimate of drug-likeness (QED) is 0.820. The van der Waals surface area contributed by atoms with Gasteiger partial charge in [-0.25, -0.2) is 4.39 Å². The van der Waals surface area contributed by atoms with E-state index in [1.807, 2.05) is 18.2 Å². The molecule has 0 unspecified atom stereocenters. The number of nitrogens with zero attached hydrogens (tertiary/aromatic N) is 1. The lowest BCUT2D eigenvalue weighted by Crippen LogP contribution is -2.40. The summed E-state index contributed by atoms with van der Waals surface area (Å²) in [6.45, 7) is 0.957. The molecule has 142 valence electrons. The molecule has 2 aromatic carbocycles. The number of hydrogen-bond acceptors (Lipinski definition) is 3. The van der Waals surface area contributed by atoms with Gasteiger partial charge in [-0.3, -0.25) is 9.59 Å². The SMILES string of the molecule is COCCN(Cc1ccccc1Cl)C(=O)[C@@H]1CC(=O)Nc2ccc(F)cc21. The highest BCUT2D eigenvalue weighted by molar-refractivity contribution is 6.31. The molecule has 0 saturated carbocycles. The maximum Gasteiger partial charge on any atom is 0.231 e. The van der Waals surface area contributed by atoms with Gasteiger partial charge in [0.2, 0.25) is 11.8 Å². The van der Waals surface area contributed by atoms with Crippen LogP contribution in [-0.2, 0) is 20.9 Å². The number of methoxy groups -OCH3 is 1. The van der Waals surface area contributed by atoms with Gasteiger partial charge in [-0.2, -0.15) is 0 Å².